The number of hydrogen-bond acceptors (Lipinski definition) is 8. The Labute approximate surface area is 456 Å². The molecule has 6 aliphatic rings. The molecule has 6 atom stereocenters. The van der Waals surface area contributed by atoms with Gasteiger partial charge in [0, 0.05) is 62.7 Å². The summed E-state index contributed by atoms with van der Waals surface area (Å²) in [6, 6.07) is 26.4. The second-order valence-corrected chi connectivity index (χ2v) is 20.7. The van der Waals surface area contributed by atoms with Gasteiger partial charge in [-0.15, -0.1) is 0 Å². The minimum atomic E-state index is -0.377. The van der Waals surface area contributed by atoms with Crippen LogP contribution >= 0.6 is 0 Å². The van der Waals surface area contributed by atoms with Gasteiger partial charge in [-0.2, -0.15) is 0 Å². The summed E-state index contributed by atoms with van der Waals surface area (Å²) >= 11 is 0. The fourth-order valence-corrected chi connectivity index (χ4v) is 12.0. The SMILES string of the molecule is C.CC.CC.F.[B]C(=O)N1CC=C(c2ccc(C(C)NC(=O)c3ccc(N4C5CCC4CC(C)C5)nc3)cc2)CC1.[B]C(=O)N1CC=C(c2ccc(C(C)NC(=O)c3ccc(N4C5CCC4CC(C)C5)nc3)cc2)CC1. The molecule has 12 nitrogen and oxygen atoms in total. The lowest BCUT2D eigenvalue weighted by atomic mass is 9.92. The largest absolute Gasteiger partial charge is 0.351 e. The molecule has 4 bridgehead atoms. The van der Waals surface area contributed by atoms with Crippen LogP contribution in [0.25, 0.3) is 11.1 Å². The number of carbonyl (C=O) groups excluding carboxylic acids is 4. The number of halogens is 1. The van der Waals surface area contributed by atoms with Gasteiger partial charge in [-0.1, -0.05) is 110 Å². The maximum absolute atomic E-state index is 12.9. The molecule has 15 heteroatoms. The summed E-state index contributed by atoms with van der Waals surface area (Å²) in [5, 5.41) is 6.20. The van der Waals surface area contributed by atoms with E-state index in [0.29, 0.717) is 61.5 Å². The third kappa shape index (κ3) is 14.6. The van der Waals surface area contributed by atoms with Crippen molar-refractivity contribution in [1.82, 2.24) is 30.4 Å². The van der Waals surface area contributed by atoms with Crippen LogP contribution in [0.3, 0.4) is 0 Å². The minimum Gasteiger partial charge on any atom is -0.351 e. The maximum atomic E-state index is 12.9. The average Bonchev–Trinajstić information content (AvgIpc) is 3.87. The zero-order valence-corrected chi connectivity index (χ0v) is 45.6. The molecule has 4 fully saturated rings. The zero-order chi connectivity index (χ0) is 53.1. The van der Waals surface area contributed by atoms with E-state index in [1.807, 2.05) is 65.8 Å². The summed E-state index contributed by atoms with van der Waals surface area (Å²) in [5.74, 6) is 2.60. The predicted molar refractivity (Wildman–Crippen MR) is 311 cm³/mol. The molecule has 6 aliphatic heterocycles. The number of pyridine rings is 2. The topological polar surface area (TPSA) is 131 Å². The molecular formula is C61H83B2FN8O4. The summed E-state index contributed by atoms with van der Waals surface area (Å²) in [5.41, 5.74) is 7.96. The summed E-state index contributed by atoms with van der Waals surface area (Å²) in [4.78, 5) is 66.0. The second-order valence-electron chi connectivity index (χ2n) is 20.7. The molecule has 6 unspecified atom stereocenters. The molecule has 0 saturated carbocycles. The standard InChI is InChI=1S/2C28H33BN4O2.2C2H6.CH4.FH/c2*1-18-15-24-8-9-25(16-18)33(24)26-10-7-23(17-30-26)27(34)31-19(2)20-3-5-21(6-4-20)22-11-13-32(14-12-22)28(29)35;2*1-2;;/h2*3-7,10-11,17-19,24-25H,8-9,12-16H2,1-2H3,(H,31,34);2*1-2H3;1H4;1H. The van der Waals surface area contributed by atoms with Gasteiger partial charge in [-0.3, -0.25) is 23.9 Å². The van der Waals surface area contributed by atoms with Crippen molar-refractivity contribution in [2.24, 2.45) is 11.8 Å². The van der Waals surface area contributed by atoms with Crippen molar-refractivity contribution in [3.05, 3.63) is 131 Å². The van der Waals surface area contributed by atoms with Crippen LogP contribution in [0.15, 0.2) is 97.3 Å². The van der Waals surface area contributed by atoms with Crippen molar-refractivity contribution in [3.8, 4) is 0 Å². The van der Waals surface area contributed by atoms with Crippen molar-refractivity contribution in [2.45, 2.75) is 163 Å². The number of fused-ring (bicyclic) bond motifs is 4. The third-order valence-electron chi connectivity index (χ3n) is 15.8. The highest BCUT2D eigenvalue weighted by Crippen LogP contribution is 2.42. The number of benzene rings is 2. The van der Waals surface area contributed by atoms with E-state index >= 15 is 0 Å². The highest BCUT2D eigenvalue weighted by Gasteiger charge is 2.41. The van der Waals surface area contributed by atoms with Gasteiger partial charge in [0.15, 0.2) is 11.6 Å². The molecule has 4 saturated heterocycles. The van der Waals surface area contributed by atoms with Crippen LogP contribution in [-0.4, -0.2) is 109 Å². The van der Waals surface area contributed by atoms with Crippen molar-refractivity contribution in [2.75, 3.05) is 36.0 Å². The molecule has 10 rings (SSSR count). The lowest BCUT2D eigenvalue weighted by Gasteiger charge is -2.38. The quantitative estimate of drug-likeness (QED) is 0.150. The van der Waals surface area contributed by atoms with Crippen LogP contribution in [0.4, 0.5) is 25.9 Å². The Kier molecular flexibility index (Phi) is 22.5. The number of nitrogens with one attached hydrogen (secondary N) is 2. The molecule has 4 radical (unpaired) electrons. The smallest absolute Gasteiger partial charge is 0.253 e. The van der Waals surface area contributed by atoms with Gasteiger partial charge in [0.1, 0.15) is 11.6 Å². The monoisotopic (exact) mass is 1030 g/mol. The first kappa shape index (κ1) is 60.6. The number of rotatable bonds is 10. The lowest BCUT2D eigenvalue weighted by molar-refractivity contribution is 0.0931. The van der Waals surface area contributed by atoms with Gasteiger partial charge in [0.05, 0.1) is 23.2 Å². The summed E-state index contributed by atoms with van der Waals surface area (Å²) in [6.45, 7) is 19.1. The zero-order valence-electron chi connectivity index (χ0n) is 45.6. The van der Waals surface area contributed by atoms with Crippen molar-refractivity contribution in [1.29, 1.82) is 0 Å². The van der Waals surface area contributed by atoms with Crippen LogP contribution in [-0.2, 0) is 0 Å². The first-order valence-corrected chi connectivity index (χ1v) is 27.6. The molecule has 2 N–H and O–H groups in total. The van der Waals surface area contributed by atoms with Crippen LogP contribution in [0, 0.1) is 11.8 Å². The number of hydrogen-bond donors (Lipinski definition) is 2. The van der Waals surface area contributed by atoms with Crippen LogP contribution in [0.2, 0.25) is 0 Å². The second kappa shape index (κ2) is 28.2. The van der Waals surface area contributed by atoms with Crippen LogP contribution in [0.1, 0.15) is 182 Å². The van der Waals surface area contributed by atoms with E-state index in [-0.39, 0.29) is 47.6 Å². The Balaban J connectivity index is 0.000000257. The van der Waals surface area contributed by atoms with E-state index in [0.717, 1.165) is 58.6 Å². The molecule has 76 heavy (non-hydrogen) atoms. The summed E-state index contributed by atoms with van der Waals surface area (Å²) < 4.78 is 0. The number of anilines is 2. The first-order chi connectivity index (χ1) is 35.8. The van der Waals surface area contributed by atoms with E-state index in [4.69, 9.17) is 15.7 Å². The van der Waals surface area contributed by atoms with Gasteiger partial charge in [0.2, 0.25) is 15.7 Å². The molecule has 404 valence electrons. The Morgan fingerprint density at radius 2 is 0.868 bits per heavy atom. The van der Waals surface area contributed by atoms with Crippen molar-refractivity contribution < 1.29 is 23.9 Å². The third-order valence-corrected chi connectivity index (χ3v) is 15.8. The number of piperidine rings is 2. The molecule has 8 heterocycles. The maximum Gasteiger partial charge on any atom is 0.253 e. The Morgan fingerprint density at radius 1 is 0.539 bits per heavy atom. The van der Waals surface area contributed by atoms with Gasteiger partial charge >= 0.3 is 0 Å². The van der Waals surface area contributed by atoms with Crippen molar-refractivity contribution >= 4 is 61.9 Å². The molecule has 0 spiro atoms. The highest BCUT2D eigenvalue weighted by atomic mass is 19.0. The average molecular weight is 1030 g/mol. The molecule has 0 aliphatic carbocycles. The van der Waals surface area contributed by atoms with Gasteiger partial charge in [-0.25, -0.2) is 9.97 Å². The number of carbonyl (C=O) groups is 4. The molecule has 2 aromatic carbocycles. The first-order valence-electron chi connectivity index (χ1n) is 27.6. The number of aromatic nitrogens is 2. The van der Waals surface area contributed by atoms with Gasteiger partial charge < -0.3 is 30.2 Å². The fourth-order valence-electron chi connectivity index (χ4n) is 12.0. The van der Waals surface area contributed by atoms with E-state index in [1.54, 1.807) is 22.2 Å². The molecule has 4 aromatic rings. The summed E-state index contributed by atoms with van der Waals surface area (Å²) in [6.07, 6.45) is 19.0. The van der Waals surface area contributed by atoms with Crippen LogP contribution < -0.4 is 20.4 Å². The number of nitrogens with zero attached hydrogens (tertiary/aromatic N) is 6. The Bertz CT molecular complexity index is 2390. The van der Waals surface area contributed by atoms with Gasteiger partial charge in [-0.05, 0) is 148 Å². The normalized spacial score (nSPS) is 22.8. The van der Waals surface area contributed by atoms with E-state index in [1.165, 1.54) is 62.5 Å². The van der Waals surface area contributed by atoms with Crippen molar-refractivity contribution in [3.63, 3.8) is 0 Å². The minimum absolute atomic E-state index is 0. The van der Waals surface area contributed by atoms with E-state index in [2.05, 4.69) is 105 Å². The Hall–Kier alpha value is -6.24. The highest BCUT2D eigenvalue weighted by molar-refractivity contribution is 6.57. The molecule has 4 amide bonds. The predicted octanol–water partition coefficient (Wildman–Crippen LogP) is 12.3. The number of amides is 4. The van der Waals surface area contributed by atoms with Gasteiger partial charge in [0.25, 0.3) is 11.8 Å². The van der Waals surface area contributed by atoms with E-state index in [9.17, 15) is 19.2 Å². The van der Waals surface area contributed by atoms with Crippen LogP contribution in [0.5, 0.6) is 0 Å². The molecule has 2 aromatic heterocycles. The lowest BCUT2D eigenvalue weighted by Crippen LogP contribution is -2.42. The molecular weight excluding hydrogens is 949 g/mol. The Morgan fingerprint density at radius 3 is 1.13 bits per heavy atom. The summed E-state index contributed by atoms with van der Waals surface area (Å²) in [7, 11) is 10.7. The van der Waals surface area contributed by atoms with E-state index < -0.39 is 0 Å². The fraction of sp³-hybridized carbons (Fsp3) is 0.508.